The first kappa shape index (κ1) is 8.17. The van der Waals surface area contributed by atoms with Crippen molar-refractivity contribution in [3.8, 4) is 0 Å². The Balaban J connectivity index is 2.33. The summed E-state index contributed by atoms with van der Waals surface area (Å²) in [6, 6.07) is 6.06. The van der Waals surface area contributed by atoms with Gasteiger partial charge in [-0.25, -0.2) is 0 Å². The highest BCUT2D eigenvalue weighted by molar-refractivity contribution is 5.62. The Morgan fingerprint density at radius 2 is 1.92 bits per heavy atom. The van der Waals surface area contributed by atoms with Crippen LogP contribution >= 0.6 is 0 Å². The number of nitrogen functional groups attached to an aromatic ring is 1. The molecule has 0 saturated heterocycles. The Labute approximate surface area is 78.7 Å². The standard InChI is InChI=1S/C11H14N2/c1-9-4-5-10(12)8-11(9)13-6-2-3-7-13/h2-5,8H,6-7,12H2,1H3. The lowest BCUT2D eigenvalue weighted by atomic mass is 10.1. The quantitative estimate of drug-likeness (QED) is 0.521. The lowest BCUT2D eigenvalue weighted by Crippen LogP contribution is -2.19. The smallest absolute Gasteiger partial charge is 0.0422 e. The average molecular weight is 174 g/mol. The van der Waals surface area contributed by atoms with Gasteiger partial charge in [0.05, 0.1) is 0 Å². The molecule has 0 atom stereocenters. The van der Waals surface area contributed by atoms with Crippen LogP contribution in [0.5, 0.6) is 0 Å². The van der Waals surface area contributed by atoms with Crippen LogP contribution in [0.15, 0.2) is 30.4 Å². The van der Waals surface area contributed by atoms with Gasteiger partial charge in [-0.15, -0.1) is 0 Å². The number of rotatable bonds is 1. The van der Waals surface area contributed by atoms with Crippen molar-refractivity contribution in [2.24, 2.45) is 0 Å². The minimum Gasteiger partial charge on any atom is -0.399 e. The van der Waals surface area contributed by atoms with E-state index in [0.29, 0.717) is 0 Å². The van der Waals surface area contributed by atoms with Crippen molar-refractivity contribution < 1.29 is 0 Å². The molecule has 2 N–H and O–H groups in total. The third kappa shape index (κ3) is 1.52. The Kier molecular flexibility index (Phi) is 1.97. The fourth-order valence-electron chi connectivity index (χ4n) is 1.64. The van der Waals surface area contributed by atoms with Crippen LogP contribution in [0.2, 0.25) is 0 Å². The second-order valence-electron chi connectivity index (χ2n) is 3.42. The fourth-order valence-corrected chi connectivity index (χ4v) is 1.64. The van der Waals surface area contributed by atoms with Crippen molar-refractivity contribution in [3.63, 3.8) is 0 Å². The molecule has 1 aliphatic rings. The summed E-state index contributed by atoms with van der Waals surface area (Å²) < 4.78 is 0. The van der Waals surface area contributed by atoms with Crippen LogP contribution in [0.25, 0.3) is 0 Å². The molecule has 0 aromatic heterocycles. The number of hydrogen-bond acceptors (Lipinski definition) is 2. The number of anilines is 2. The summed E-state index contributed by atoms with van der Waals surface area (Å²) in [4.78, 5) is 2.31. The summed E-state index contributed by atoms with van der Waals surface area (Å²) in [6.07, 6.45) is 4.37. The van der Waals surface area contributed by atoms with Crippen LogP contribution in [0, 0.1) is 6.92 Å². The Morgan fingerprint density at radius 3 is 2.62 bits per heavy atom. The van der Waals surface area contributed by atoms with Crippen LogP contribution in [0.1, 0.15) is 5.56 Å². The molecule has 1 aliphatic heterocycles. The monoisotopic (exact) mass is 174 g/mol. The summed E-state index contributed by atoms with van der Waals surface area (Å²) in [5.41, 5.74) is 9.13. The van der Waals surface area contributed by atoms with E-state index in [4.69, 9.17) is 5.73 Å². The highest BCUT2D eigenvalue weighted by Gasteiger charge is 2.09. The van der Waals surface area contributed by atoms with Crippen LogP contribution in [0.3, 0.4) is 0 Å². The normalized spacial score (nSPS) is 15.3. The number of benzene rings is 1. The lowest BCUT2D eigenvalue weighted by Gasteiger charge is -2.20. The highest BCUT2D eigenvalue weighted by atomic mass is 15.1. The molecule has 2 nitrogen and oxygen atoms in total. The summed E-state index contributed by atoms with van der Waals surface area (Å²) in [6.45, 7) is 4.13. The predicted octanol–water partition coefficient (Wildman–Crippen LogP) is 1.95. The van der Waals surface area contributed by atoms with Gasteiger partial charge in [-0.3, -0.25) is 0 Å². The van der Waals surface area contributed by atoms with E-state index in [1.165, 1.54) is 11.3 Å². The van der Waals surface area contributed by atoms with Crippen LogP contribution in [-0.4, -0.2) is 13.1 Å². The van der Waals surface area contributed by atoms with Crippen LogP contribution < -0.4 is 10.6 Å². The van der Waals surface area contributed by atoms with Gasteiger partial charge < -0.3 is 10.6 Å². The number of hydrogen-bond donors (Lipinski definition) is 1. The zero-order valence-electron chi connectivity index (χ0n) is 7.83. The molecule has 1 aromatic rings. The van der Waals surface area contributed by atoms with Gasteiger partial charge in [-0.1, -0.05) is 18.2 Å². The van der Waals surface area contributed by atoms with Crippen molar-refractivity contribution in [3.05, 3.63) is 35.9 Å². The molecule has 0 unspecified atom stereocenters. The van der Waals surface area contributed by atoms with Crippen LogP contribution in [-0.2, 0) is 0 Å². The molecular weight excluding hydrogens is 160 g/mol. The maximum atomic E-state index is 5.75. The lowest BCUT2D eigenvalue weighted by molar-refractivity contribution is 0.998. The molecule has 0 fully saturated rings. The Bertz CT molecular complexity index is 334. The largest absolute Gasteiger partial charge is 0.399 e. The maximum Gasteiger partial charge on any atom is 0.0422 e. The zero-order valence-corrected chi connectivity index (χ0v) is 7.83. The van der Waals surface area contributed by atoms with E-state index in [0.717, 1.165) is 18.8 Å². The first-order valence-electron chi connectivity index (χ1n) is 4.53. The molecular formula is C11H14N2. The molecule has 2 heteroatoms. The van der Waals surface area contributed by atoms with Gasteiger partial charge in [0.25, 0.3) is 0 Å². The van der Waals surface area contributed by atoms with Crippen molar-refractivity contribution in [1.29, 1.82) is 0 Å². The van der Waals surface area contributed by atoms with Gasteiger partial charge in [-0.2, -0.15) is 0 Å². The third-order valence-electron chi connectivity index (χ3n) is 2.39. The minimum atomic E-state index is 0.840. The Morgan fingerprint density at radius 1 is 1.23 bits per heavy atom. The molecule has 2 rings (SSSR count). The summed E-state index contributed by atoms with van der Waals surface area (Å²) >= 11 is 0. The first-order chi connectivity index (χ1) is 6.27. The van der Waals surface area contributed by atoms with Crippen molar-refractivity contribution in [2.45, 2.75) is 6.92 Å². The first-order valence-corrected chi connectivity index (χ1v) is 4.53. The van der Waals surface area contributed by atoms with Crippen LogP contribution in [0.4, 0.5) is 11.4 Å². The van der Waals surface area contributed by atoms with Crippen molar-refractivity contribution >= 4 is 11.4 Å². The van der Waals surface area contributed by atoms with Gasteiger partial charge in [0.1, 0.15) is 0 Å². The predicted molar refractivity (Wildman–Crippen MR) is 56.9 cm³/mol. The van der Waals surface area contributed by atoms with E-state index in [1.54, 1.807) is 0 Å². The molecule has 1 aromatic carbocycles. The van der Waals surface area contributed by atoms with Gasteiger partial charge in [0.15, 0.2) is 0 Å². The number of nitrogens with two attached hydrogens (primary N) is 1. The van der Waals surface area contributed by atoms with E-state index in [2.05, 4.69) is 30.0 Å². The molecule has 68 valence electrons. The van der Waals surface area contributed by atoms with E-state index >= 15 is 0 Å². The van der Waals surface area contributed by atoms with E-state index in [-0.39, 0.29) is 0 Å². The third-order valence-corrected chi connectivity index (χ3v) is 2.39. The molecule has 0 aliphatic carbocycles. The van der Waals surface area contributed by atoms with E-state index in [9.17, 15) is 0 Å². The van der Waals surface area contributed by atoms with Crippen molar-refractivity contribution in [1.82, 2.24) is 0 Å². The summed E-state index contributed by atoms with van der Waals surface area (Å²) in [7, 11) is 0. The Hall–Kier alpha value is -1.44. The second-order valence-corrected chi connectivity index (χ2v) is 3.42. The van der Waals surface area contributed by atoms with Crippen molar-refractivity contribution in [2.75, 3.05) is 23.7 Å². The van der Waals surface area contributed by atoms with Gasteiger partial charge in [0, 0.05) is 24.5 Å². The van der Waals surface area contributed by atoms with Gasteiger partial charge >= 0.3 is 0 Å². The average Bonchev–Trinajstić information content (AvgIpc) is 2.61. The fraction of sp³-hybridized carbons (Fsp3) is 0.273. The SMILES string of the molecule is Cc1ccc(N)cc1N1CC=CC1. The maximum absolute atomic E-state index is 5.75. The van der Waals surface area contributed by atoms with E-state index < -0.39 is 0 Å². The molecule has 0 radical (unpaired) electrons. The summed E-state index contributed by atoms with van der Waals surface area (Å²) in [5, 5.41) is 0. The molecule has 1 heterocycles. The second kappa shape index (κ2) is 3.13. The number of nitrogens with zero attached hydrogens (tertiary/aromatic N) is 1. The molecule has 0 spiro atoms. The summed E-state index contributed by atoms with van der Waals surface area (Å²) in [5.74, 6) is 0. The highest BCUT2D eigenvalue weighted by Crippen LogP contribution is 2.24. The van der Waals surface area contributed by atoms with E-state index in [1.807, 2.05) is 12.1 Å². The minimum absolute atomic E-state index is 0.840. The zero-order chi connectivity index (χ0) is 9.26. The molecule has 0 amide bonds. The van der Waals surface area contributed by atoms with Gasteiger partial charge in [0.2, 0.25) is 0 Å². The molecule has 0 bridgehead atoms. The molecule has 0 saturated carbocycles. The number of aryl methyl sites for hydroxylation is 1. The topological polar surface area (TPSA) is 29.3 Å². The van der Waals surface area contributed by atoms with Gasteiger partial charge in [-0.05, 0) is 24.6 Å². The molecule has 13 heavy (non-hydrogen) atoms.